The fraction of sp³-hybridized carbons (Fsp3) is 0.500. The van der Waals surface area contributed by atoms with Crippen molar-refractivity contribution in [1.82, 2.24) is 0 Å². The first-order valence-electron chi connectivity index (χ1n) is 8.62. The second-order valence-electron chi connectivity index (χ2n) is 6.85. The van der Waals surface area contributed by atoms with E-state index in [1.165, 1.54) is 0 Å². The van der Waals surface area contributed by atoms with E-state index in [4.69, 9.17) is 9.47 Å². The third-order valence-electron chi connectivity index (χ3n) is 4.97. The highest BCUT2D eigenvalue weighted by molar-refractivity contribution is 5.92. The van der Waals surface area contributed by atoms with Crippen molar-refractivity contribution in [1.29, 1.82) is 0 Å². The molecule has 0 aromatic carbocycles. The maximum atomic E-state index is 12.3. The predicted octanol–water partition coefficient (Wildman–Crippen LogP) is 1.98. The van der Waals surface area contributed by atoms with Gasteiger partial charge in [-0.2, -0.15) is 0 Å². The second-order valence-corrected chi connectivity index (χ2v) is 6.85. The quantitative estimate of drug-likeness (QED) is 0.443. The Kier molecular flexibility index (Phi) is 6.21. The van der Waals surface area contributed by atoms with E-state index in [0.717, 1.165) is 0 Å². The zero-order valence-corrected chi connectivity index (χ0v) is 15.6. The van der Waals surface area contributed by atoms with Gasteiger partial charge in [-0.25, -0.2) is 9.59 Å². The molecule has 5 atom stereocenters. The first kappa shape index (κ1) is 20.1. The molecule has 0 unspecified atom stereocenters. The Labute approximate surface area is 153 Å². The second kappa shape index (κ2) is 8.01. The third-order valence-corrected chi connectivity index (χ3v) is 4.97. The van der Waals surface area contributed by atoms with Crippen molar-refractivity contribution >= 4 is 11.9 Å². The zero-order valence-electron chi connectivity index (χ0n) is 15.6. The topological polar surface area (TPSA) is 93.1 Å². The van der Waals surface area contributed by atoms with E-state index in [1.54, 1.807) is 45.9 Å². The summed E-state index contributed by atoms with van der Waals surface area (Å²) < 4.78 is 11.0. The van der Waals surface area contributed by atoms with Gasteiger partial charge < -0.3 is 19.7 Å². The summed E-state index contributed by atoms with van der Waals surface area (Å²) in [7, 11) is 0. The number of aliphatic hydroxyl groups is 2. The minimum Gasteiger partial charge on any atom is -0.454 e. The molecule has 0 spiro atoms. The van der Waals surface area contributed by atoms with Crippen LogP contribution < -0.4 is 0 Å². The maximum Gasteiger partial charge on any atom is 0.334 e. The summed E-state index contributed by atoms with van der Waals surface area (Å²) in [4.78, 5) is 24.3. The highest BCUT2D eigenvalue weighted by Gasteiger charge is 2.44. The Morgan fingerprint density at radius 1 is 1.27 bits per heavy atom. The van der Waals surface area contributed by atoms with Crippen LogP contribution in [-0.2, 0) is 19.1 Å². The summed E-state index contributed by atoms with van der Waals surface area (Å²) in [5.74, 6) is -1.70. The van der Waals surface area contributed by atoms with Gasteiger partial charge in [0.15, 0.2) is 0 Å². The van der Waals surface area contributed by atoms with Crippen LogP contribution in [0.25, 0.3) is 0 Å². The lowest BCUT2D eigenvalue weighted by Gasteiger charge is -2.27. The van der Waals surface area contributed by atoms with Crippen LogP contribution >= 0.6 is 0 Å². The molecule has 0 radical (unpaired) electrons. The molecule has 0 aromatic heterocycles. The van der Waals surface area contributed by atoms with Gasteiger partial charge >= 0.3 is 11.9 Å². The number of aliphatic hydroxyl groups excluding tert-OH is 2. The van der Waals surface area contributed by atoms with Gasteiger partial charge in [0.25, 0.3) is 0 Å². The van der Waals surface area contributed by atoms with E-state index in [9.17, 15) is 19.8 Å². The number of fused-ring (bicyclic) bond motifs is 1. The van der Waals surface area contributed by atoms with Gasteiger partial charge in [-0.05, 0) is 51.0 Å². The molecule has 26 heavy (non-hydrogen) atoms. The molecule has 1 aliphatic carbocycles. The van der Waals surface area contributed by atoms with E-state index in [2.05, 4.69) is 6.58 Å². The van der Waals surface area contributed by atoms with Crippen molar-refractivity contribution in [3.05, 3.63) is 47.1 Å². The monoisotopic (exact) mass is 362 g/mol. The summed E-state index contributed by atoms with van der Waals surface area (Å²) in [6.07, 6.45) is 1.68. The van der Waals surface area contributed by atoms with Crippen LogP contribution in [0.3, 0.4) is 0 Å². The zero-order chi connectivity index (χ0) is 19.6. The SMILES string of the molecule is C=C1C(=O)O[C@H]2/C=C(/C)[C@@H](O)C[C@@H](O)/C(C)=C\[C@H](OC(=O)/C(C)=C\C)[C@@H]12. The van der Waals surface area contributed by atoms with Crippen LogP contribution in [0.5, 0.6) is 0 Å². The molecule has 0 amide bonds. The van der Waals surface area contributed by atoms with Crippen LogP contribution in [0, 0.1) is 5.92 Å². The van der Waals surface area contributed by atoms with Crippen LogP contribution in [-0.4, -0.2) is 46.6 Å². The highest BCUT2D eigenvalue weighted by atomic mass is 16.6. The molecule has 1 saturated heterocycles. The molecular weight excluding hydrogens is 336 g/mol. The van der Waals surface area contributed by atoms with Gasteiger partial charge in [-0.1, -0.05) is 12.7 Å². The third kappa shape index (κ3) is 4.14. The molecule has 1 heterocycles. The molecule has 142 valence electrons. The largest absolute Gasteiger partial charge is 0.454 e. The molecule has 0 bridgehead atoms. The lowest BCUT2D eigenvalue weighted by atomic mass is 9.86. The standard InChI is InChI=1S/C20H26O6/c1-6-10(2)19(23)25-16-7-11(3)14(21)9-15(22)12(4)8-17-18(16)13(5)20(24)26-17/h6-8,14-18,21-22H,5,9H2,1-4H3/b10-6-,11-7-,12-8-/t14-,15+,16+,17+,18-/m1/s1. The van der Waals surface area contributed by atoms with E-state index in [-0.39, 0.29) is 12.0 Å². The molecular formula is C20H26O6. The molecule has 6 heteroatoms. The first-order chi connectivity index (χ1) is 12.1. The van der Waals surface area contributed by atoms with Gasteiger partial charge in [0.2, 0.25) is 0 Å². The van der Waals surface area contributed by atoms with Crippen molar-refractivity contribution in [2.75, 3.05) is 0 Å². The number of hydrogen-bond donors (Lipinski definition) is 2. The Morgan fingerprint density at radius 2 is 1.85 bits per heavy atom. The maximum absolute atomic E-state index is 12.3. The minimum absolute atomic E-state index is 0.103. The van der Waals surface area contributed by atoms with Crippen molar-refractivity contribution in [3.63, 3.8) is 0 Å². The van der Waals surface area contributed by atoms with E-state index in [0.29, 0.717) is 16.7 Å². The number of carbonyl (C=O) groups is 2. The molecule has 0 saturated carbocycles. The van der Waals surface area contributed by atoms with Crippen molar-refractivity contribution in [3.8, 4) is 0 Å². The van der Waals surface area contributed by atoms with Crippen LogP contribution in [0.1, 0.15) is 34.1 Å². The fourth-order valence-corrected chi connectivity index (χ4v) is 3.00. The Bertz CT molecular complexity index is 699. The Hall–Kier alpha value is -2.18. The average Bonchev–Trinajstić information content (AvgIpc) is 2.86. The average molecular weight is 362 g/mol. The van der Waals surface area contributed by atoms with Crippen LogP contribution in [0.15, 0.2) is 47.1 Å². The summed E-state index contributed by atoms with van der Waals surface area (Å²) in [5, 5.41) is 20.6. The normalized spacial score (nSPS) is 37.0. The van der Waals surface area contributed by atoms with Crippen molar-refractivity contribution in [2.24, 2.45) is 5.92 Å². The molecule has 2 rings (SSSR count). The Morgan fingerprint density at radius 3 is 2.42 bits per heavy atom. The lowest BCUT2D eigenvalue weighted by molar-refractivity contribution is -0.144. The van der Waals surface area contributed by atoms with Gasteiger partial charge in [0.05, 0.1) is 18.1 Å². The molecule has 6 nitrogen and oxygen atoms in total. The number of carbonyl (C=O) groups excluding carboxylic acids is 2. The van der Waals surface area contributed by atoms with E-state index >= 15 is 0 Å². The number of allylic oxidation sites excluding steroid dienone is 1. The smallest absolute Gasteiger partial charge is 0.334 e. The molecule has 1 fully saturated rings. The van der Waals surface area contributed by atoms with Crippen molar-refractivity contribution < 1.29 is 29.3 Å². The van der Waals surface area contributed by atoms with Gasteiger partial charge in [0.1, 0.15) is 12.2 Å². The fourth-order valence-electron chi connectivity index (χ4n) is 3.00. The molecule has 2 N–H and O–H groups in total. The van der Waals surface area contributed by atoms with Gasteiger partial charge in [0, 0.05) is 17.6 Å². The summed E-state index contributed by atoms with van der Waals surface area (Å²) >= 11 is 0. The molecule has 0 aromatic rings. The number of ether oxygens (including phenoxy) is 2. The van der Waals surface area contributed by atoms with Gasteiger partial charge in [-0.3, -0.25) is 0 Å². The highest BCUT2D eigenvalue weighted by Crippen LogP contribution is 2.35. The lowest BCUT2D eigenvalue weighted by Crippen LogP contribution is -2.34. The van der Waals surface area contributed by atoms with E-state index < -0.39 is 42.3 Å². The number of esters is 2. The summed E-state index contributed by atoms with van der Waals surface area (Å²) in [6, 6.07) is 0. The molecule has 1 aliphatic heterocycles. The van der Waals surface area contributed by atoms with Crippen LogP contribution in [0.2, 0.25) is 0 Å². The van der Waals surface area contributed by atoms with Gasteiger partial charge in [-0.15, -0.1) is 0 Å². The number of hydrogen-bond acceptors (Lipinski definition) is 6. The van der Waals surface area contributed by atoms with E-state index in [1.807, 2.05) is 0 Å². The first-order valence-corrected chi connectivity index (χ1v) is 8.62. The summed E-state index contributed by atoms with van der Waals surface area (Å²) in [5.41, 5.74) is 1.75. The summed E-state index contributed by atoms with van der Waals surface area (Å²) in [6.45, 7) is 10.6. The predicted molar refractivity (Wildman–Crippen MR) is 96.0 cm³/mol. The minimum atomic E-state index is -0.903. The van der Waals surface area contributed by atoms with Crippen molar-refractivity contribution in [2.45, 2.75) is 58.5 Å². The Balaban J connectivity index is 2.50. The number of rotatable bonds is 2. The molecule has 2 aliphatic rings. The van der Waals surface area contributed by atoms with Crippen LogP contribution in [0.4, 0.5) is 0 Å².